The van der Waals surface area contributed by atoms with Gasteiger partial charge >= 0.3 is 0 Å². The topological polar surface area (TPSA) is 16.1 Å². The predicted molar refractivity (Wildman–Crippen MR) is 75.7 cm³/mol. The van der Waals surface area contributed by atoms with Crippen LogP contribution in [0.4, 0.5) is 15.8 Å². The summed E-state index contributed by atoms with van der Waals surface area (Å²) in [6.07, 6.45) is 1.80. The first-order valence-corrected chi connectivity index (χ1v) is 6.55. The Labute approximate surface area is 116 Å². The van der Waals surface area contributed by atoms with E-state index in [1.807, 2.05) is 18.2 Å². The second-order valence-corrected chi connectivity index (χ2v) is 5.85. The molecular formula is C15H14ClFN2. The summed E-state index contributed by atoms with van der Waals surface area (Å²) in [5.74, 6) is -0.394. The third-order valence-electron chi connectivity index (χ3n) is 3.49. The number of aromatic nitrogens is 1. The van der Waals surface area contributed by atoms with E-state index in [0.29, 0.717) is 0 Å². The SMILES string of the molecule is CC1(C)CN(c2ccc(Cl)c(F)c2)c2cccnc21. The normalized spacial score (nSPS) is 16.5. The Balaban J connectivity index is 2.10. The van der Waals surface area contributed by atoms with Crippen molar-refractivity contribution in [1.82, 2.24) is 4.98 Å². The first kappa shape index (κ1) is 12.4. The molecule has 0 amide bonds. The van der Waals surface area contributed by atoms with E-state index in [2.05, 4.69) is 23.7 Å². The molecule has 0 spiro atoms. The highest BCUT2D eigenvalue weighted by molar-refractivity contribution is 6.30. The first-order valence-electron chi connectivity index (χ1n) is 6.17. The minimum atomic E-state index is -0.394. The van der Waals surface area contributed by atoms with Crippen LogP contribution in [0.2, 0.25) is 5.02 Å². The molecule has 0 aliphatic carbocycles. The van der Waals surface area contributed by atoms with Crippen molar-refractivity contribution in [3.63, 3.8) is 0 Å². The molecule has 3 rings (SSSR count). The summed E-state index contributed by atoms with van der Waals surface area (Å²) in [5.41, 5.74) is 2.84. The molecular weight excluding hydrogens is 263 g/mol. The maximum atomic E-state index is 13.6. The van der Waals surface area contributed by atoms with Gasteiger partial charge in [0.05, 0.1) is 16.4 Å². The quantitative estimate of drug-likeness (QED) is 0.772. The van der Waals surface area contributed by atoms with Gasteiger partial charge in [0.1, 0.15) is 5.82 Å². The molecule has 1 aliphatic heterocycles. The van der Waals surface area contributed by atoms with Gasteiger partial charge in [-0.25, -0.2) is 4.39 Å². The Bertz CT molecular complexity index is 640. The summed E-state index contributed by atoms with van der Waals surface area (Å²) in [6, 6.07) is 8.82. The molecule has 0 N–H and O–H groups in total. The van der Waals surface area contributed by atoms with Crippen LogP contribution in [0, 0.1) is 5.82 Å². The highest BCUT2D eigenvalue weighted by atomic mass is 35.5. The van der Waals surface area contributed by atoms with Crippen molar-refractivity contribution in [3.05, 3.63) is 53.1 Å². The number of pyridine rings is 1. The van der Waals surface area contributed by atoms with Gasteiger partial charge in [-0.3, -0.25) is 4.98 Å². The van der Waals surface area contributed by atoms with Crippen LogP contribution in [0.15, 0.2) is 36.5 Å². The average molecular weight is 277 g/mol. The number of fused-ring (bicyclic) bond motifs is 1. The second kappa shape index (κ2) is 4.20. The number of hydrogen-bond acceptors (Lipinski definition) is 2. The van der Waals surface area contributed by atoms with Gasteiger partial charge < -0.3 is 4.90 Å². The van der Waals surface area contributed by atoms with Gasteiger partial charge in [-0.15, -0.1) is 0 Å². The average Bonchev–Trinajstić information content (AvgIpc) is 2.66. The van der Waals surface area contributed by atoms with E-state index in [4.69, 9.17) is 11.6 Å². The van der Waals surface area contributed by atoms with E-state index in [-0.39, 0.29) is 10.4 Å². The third-order valence-corrected chi connectivity index (χ3v) is 3.79. The van der Waals surface area contributed by atoms with E-state index < -0.39 is 5.82 Å². The lowest BCUT2D eigenvalue weighted by atomic mass is 9.91. The van der Waals surface area contributed by atoms with Crippen molar-refractivity contribution in [2.75, 3.05) is 11.4 Å². The Morgan fingerprint density at radius 2 is 2.11 bits per heavy atom. The molecule has 2 heterocycles. The van der Waals surface area contributed by atoms with Crippen LogP contribution in [0.5, 0.6) is 0 Å². The highest BCUT2D eigenvalue weighted by Crippen LogP contribution is 2.43. The molecule has 0 radical (unpaired) electrons. The molecule has 1 aromatic carbocycles. The maximum Gasteiger partial charge on any atom is 0.143 e. The number of anilines is 2. The zero-order chi connectivity index (χ0) is 13.6. The maximum absolute atomic E-state index is 13.6. The highest BCUT2D eigenvalue weighted by Gasteiger charge is 2.37. The number of nitrogens with zero attached hydrogens (tertiary/aromatic N) is 2. The van der Waals surface area contributed by atoms with Gasteiger partial charge in [0.15, 0.2) is 0 Å². The van der Waals surface area contributed by atoms with E-state index in [9.17, 15) is 4.39 Å². The van der Waals surface area contributed by atoms with Gasteiger partial charge in [0.25, 0.3) is 0 Å². The van der Waals surface area contributed by atoms with Crippen LogP contribution < -0.4 is 4.90 Å². The molecule has 4 heteroatoms. The minimum absolute atomic E-state index is 0.0489. The van der Waals surface area contributed by atoms with Gasteiger partial charge in [-0.05, 0) is 30.3 Å². The van der Waals surface area contributed by atoms with E-state index in [1.54, 1.807) is 12.3 Å². The summed E-state index contributed by atoms with van der Waals surface area (Å²) in [5, 5.41) is 0.147. The smallest absolute Gasteiger partial charge is 0.143 e. The summed E-state index contributed by atoms with van der Waals surface area (Å²) in [6.45, 7) is 5.07. The molecule has 98 valence electrons. The molecule has 2 nitrogen and oxygen atoms in total. The van der Waals surface area contributed by atoms with Gasteiger partial charge in [0, 0.05) is 23.8 Å². The Morgan fingerprint density at radius 1 is 1.32 bits per heavy atom. The van der Waals surface area contributed by atoms with E-state index in [0.717, 1.165) is 23.6 Å². The van der Waals surface area contributed by atoms with Crippen molar-refractivity contribution in [2.24, 2.45) is 0 Å². The van der Waals surface area contributed by atoms with Crippen LogP contribution in [0.25, 0.3) is 0 Å². The predicted octanol–water partition coefficient (Wildman–Crippen LogP) is 4.30. The molecule has 2 aromatic rings. The van der Waals surface area contributed by atoms with Crippen molar-refractivity contribution < 1.29 is 4.39 Å². The third kappa shape index (κ3) is 1.98. The van der Waals surface area contributed by atoms with E-state index in [1.165, 1.54) is 6.07 Å². The Morgan fingerprint density at radius 3 is 2.84 bits per heavy atom. The lowest BCUT2D eigenvalue weighted by Crippen LogP contribution is -2.25. The number of benzene rings is 1. The van der Waals surface area contributed by atoms with Crippen molar-refractivity contribution in [1.29, 1.82) is 0 Å². The number of rotatable bonds is 1. The van der Waals surface area contributed by atoms with E-state index >= 15 is 0 Å². The summed E-state index contributed by atoms with van der Waals surface area (Å²) in [4.78, 5) is 6.55. The van der Waals surface area contributed by atoms with Crippen molar-refractivity contribution in [3.8, 4) is 0 Å². The zero-order valence-electron chi connectivity index (χ0n) is 10.8. The molecule has 0 unspecified atom stereocenters. The minimum Gasteiger partial charge on any atom is -0.339 e. The van der Waals surface area contributed by atoms with Crippen LogP contribution >= 0.6 is 11.6 Å². The fraction of sp³-hybridized carbons (Fsp3) is 0.267. The molecule has 19 heavy (non-hydrogen) atoms. The van der Waals surface area contributed by atoms with Crippen LogP contribution in [0.3, 0.4) is 0 Å². The Hall–Kier alpha value is -1.61. The lowest BCUT2D eigenvalue weighted by Gasteiger charge is -2.22. The van der Waals surface area contributed by atoms with Crippen LogP contribution in [0.1, 0.15) is 19.5 Å². The molecule has 0 saturated carbocycles. The largest absolute Gasteiger partial charge is 0.339 e. The molecule has 0 saturated heterocycles. The number of hydrogen-bond donors (Lipinski definition) is 0. The first-order chi connectivity index (χ1) is 8.99. The zero-order valence-corrected chi connectivity index (χ0v) is 11.6. The summed E-state index contributed by atoms with van der Waals surface area (Å²) in [7, 11) is 0. The number of halogens is 2. The van der Waals surface area contributed by atoms with Gasteiger partial charge in [-0.2, -0.15) is 0 Å². The Kier molecular flexibility index (Phi) is 2.75. The monoisotopic (exact) mass is 276 g/mol. The van der Waals surface area contributed by atoms with Crippen LogP contribution in [-0.4, -0.2) is 11.5 Å². The lowest BCUT2D eigenvalue weighted by molar-refractivity contribution is 0.553. The summed E-state index contributed by atoms with van der Waals surface area (Å²) >= 11 is 5.74. The van der Waals surface area contributed by atoms with Crippen molar-refractivity contribution >= 4 is 23.0 Å². The van der Waals surface area contributed by atoms with Gasteiger partial charge in [-0.1, -0.05) is 25.4 Å². The molecule has 0 bridgehead atoms. The van der Waals surface area contributed by atoms with Crippen molar-refractivity contribution in [2.45, 2.75) is 19.3 Å². The molecule has 0 fully saturated rings. The fourth-order valence-corrected chi connectivity index (χ4v) is 2.69. The second-order valence-electron chi connectivity index (χ2n) is 5.44. The molecule has 1 aromatic heterocycles. The summed E-state index contributed by atoms with van der Waals surface area (Å²) < 4.78 is 13.6. The van der Waals surface area contributed by atoms with Crippen LogP contribution in [-0.2, 0) is 5.41 Å². The fourth-order valence-electron chi connectivity index (χ4n) is 2.57. The molecule has 0 atom stereocenters. The van der Waals surface area contributed by atoms with Gasteiger partial charge in [0.2, 0.25) is 0 Å². The standard InChI is InChI=1S/C15H14ClFN2/c1-15(2)9-19(13-4-3-7-18-14(13)15)10-5-6-11(16)12(17)8-10/h3-8H,9H2,1-2H3. The molecule has 1 aliphatic rings.